The highest BCUT2D eigenvalue weighted by atomic mass is 19.1. The Morgan fingerprint density at radius 2 is 2.20 bits per heavy atom. The molecule has 1 fully saturated rings. The second kappa shape index (κ2) is 8.29. The molecule has 5 heteroatoms. The largest absolute Gasteiger partial charge is 0.383 e. The normalized spacial score (nSPS) is 17.5. The molecule has 0 saturated carbocycles. The number of hydrogen-bond acceptors (Lipinski definition) is 4. The maximum Gasteiger partial charge on any atom is 0.141 e. The Kier molecular flexibility index (Phi) is 6.36. The molecular formula is C15H24FN3O. The smallest absolute Gasteiger partial charge is 0.141 e. The summed E-state index contributed by atoms with van der Waals surface area (Å²) < 4.78 is 18.1. The third-order valence-electron chi connectivity index (χ3n) is 3.79. The Morgan fingerprint density at radius 1 is 1.40 bits per heavy atom. The first-order valence-electron chi connectivity index (χ1n) is 7.29. The molecule has 2 rings (SSSR count). The zero-order valence-corrected chi connectivity index (χ0v) is 12.1. The van der Waals surface area contributed by atoms with Crippen LogP contribution in [0.3, 0.4) is 0 Å². The van der Waals surface area contributed by atoms with Gasteiger partial charge in [-0.15, -0.1) is 0 Å². The summed E-state index contributed by atoms with van der Waals surface area (Å²) in [5.74, 6) is 0.494. The molecule has 2 heterocycles. The van der Waals surface area contributed by atoms with Gasteiger partial charge in [-0.1, -0.05) is 0 Å². The van der Waals surface area contributed by atoms with Crippen molar-refractivity contribution in [2.75, 3.05) is 39.9 Å². The number of likely N-dealkylation sites (tertiary alicyclic amines) is 1. The highest BCUT2D eigenvalue weighted by molar-refractivity contribution is 5.10. The fraction of sp³-hybridized carbons (Fsp3) is 0.667. The van der Waals surface area contributed by atoms with E-state index in [9.17, 15) is 4.39 Å². The van der Waals surface area contributed by atoms with Crippen LogP contribution >= 0.6 is 0 Å². The molecular weight excluding hydrogens is 257 g/mol. The van der Waals surface area contributed by atoms with E-state index < -0.39 is 0 Å². The fourth-order valence-corrected chi connectivity index (χ4v) is 2.63. The van der Waals surface area contributed by atoms with Gasteiger partial charge in [0.2, 0.25) is 0 Å². The predicted molar refractivity (Wildman–Crippen MR) is 76.9 cm³/mol. The topological polar surface area (TPSA) is 37.4 Å². The SMILES string of the molecule is COCCNCC1CCN(Cc2cncc(F)c2)CC1. The van der Waals surface area contributed by atoms with E-state index in [1.54, 1.807) is 19.4 Å². The second-order valence-electron chi connectivity index (χ2n) is 5.43. The summed E-state index contributed by atoms with van der Waals surface area (Å²) in [4.78, 5) is 6.28. The van der Waals surface area contributed by atoms with Gasteiger partial charge < -0.3 is 10.1 Å². The number of halogens is 1. The molecule has 1 N–H and O–H groups in total. The van der Waals surface area contributed by atoms with Gasteiger partial charge in [0.15, 0.2) is 0 Å². The van der Waals surface area contributed by atoms with E-state index in [1.165, 1.54) is 19.0 Å². The quantitative estimate of drug-likeness (QED) is 0.772. The number of hydrogen-bond donors (Lipinski definition) is 1. The van der Waals surface area contributed by atoms with E-state index in [1.807, 2.05) is 0 Å². The van der Waals surface area contributed by atoms with Crippen molar-refractivity contribution in [2.45, 2.75) is 19.4 Å². The van der Waals surface area contributed by atoms with Gasteiger partial charge in [-0.25, -0.2) is 4.39 Å². The van der Waals surface area contributed by atoms with Crippen LogP contribution in [0.25, 0.3) is 0 Å². The van der Waals surface area contributed by atoms with Gasteiger partial charge in [0, 0.05) is 26.4 Å². The van der Waals surface area contributed by atoms with Crippen molar-refractivity contribution in [2.24, 2.45) is 5.92 Å². The summed E-state index contributed by atoms with van der Waals surface area (Å²) in [6, 6.07) is 1.57. The molecule has 20 heavy (non-hydrogen) atoms. The first-order valence-corrected chi connectivity index (χ1v) is 7.29. The lowest BCUT2D eigenvalue weighted by Crippen LogP contribution is -2.37. The number of aromatic nitrogens is 1. The minimum absolute atomic E-state index is 0.250. The minimum atomic E-state index is -0.250. The van der Waals surface area contributed by atoms with Gasteiger partial charge in [0.05, 0.1) is 12.8 Å². The lowest BCUT2D eigenvalue weighted by atomic mass is 9.96. The number of pyridine rings is 1. The highest BCUT2D eigenvalue weighted by Gasteiger charge is 2.18. The van der Waals surface area contributed by atoms with Crippen LogP contribution in [0.2, 0.25) is 0 Å². The number of rotatable bonds is 7. The summed E-state index contributed by atoms with van der Waals surface area (Å²) in [5.41, 5.74) is 0.960. The van der Waals surface area contributed by atoms with Crippen LogP contribution < -0.4 is 5.32 Å². The zero-order valence-electron chi connectivity index (χ0n) is 12.1. The Hall–Kier alpha value is -1.04. The number of ether oxygens (including phenoxy) is 1. The van der Waals surface area contributed by atoms with E-state index in [2.05, 4.69) is 15.2 Å². The maximum absolute atomic E-state index is 13.1. The first kappa shape index (κ1) is 15.4. The van der Waals surface area contributed by atoms with Crippen LogP contribution in [0.4, 0.5) is 4.39 Å². The van der Waals surface area contributed by atoms with Crippen molar-refractivity contribution in [3.8, 4) is 0 Å². The number of piperidine rings is 1. The average Bonchev–Trinajstić information content (AvgIpc) is 2.45. The Morgan fingerprint density at radius 3 is 2.90 bits per heavy atom. The summed E-state index contributed by atoms with van der Waals surface area (Å²) >= 11 is 0. The molecule has 1 aromatic rings. The van der Waals surface area contributed by atoms with Gasteiger partial charge in [0.25, 0.3) is 0 Å². The zero-order chi connectivity index (χ0) is 14.2. The standard InChI is InChI=1S/C15H24FN3O/c1-20-7-4-17-9-13-2-5-19(6-3-13)12-14-8-15(16)11-18-10-14/h8,10-11,13,17H,2-7,9,12H2,1H3. The van der Waals surface area contributed by atoms with Gasteiger partial charge in [-0.05, 0) is 50.0 Å². The minimum Gasteiger partial charge on any atom is -0.383 e. The molecule has 0 aromatic carbocycles. The van der Waals surface area contributed by atoms with Crippen LogP contribution in [0, 0.1) is 11.7 Å². The Labute approximate surface area is 120 Å². The van der Waals surface area contributed by atoms with Crippen molar-refractivity contribution in [1.29, 1.82) is 0 Å². The third kappa shape index (κ3) is 5.15. The molecule has 0 amide bonds. The van der Waals surface area contributed by atoms with Gasteiger partial charge >= 0.3 is 0 Å². The lowest BCUT2D eigenvalue weighted by molar-refractivity contribution is 0.168. The highest BCUT2D eigenvalue weighted by Crippen LogP contribution is 2.18. The van der Waals surface area contributed by atoms with Gasteiger partial charge in [-0.2, -0.15) is 0 Å². The van der Waals surface area contributed by atoms with Crippen molar-refractivity contribution in [3.05, 3.63) is 29.8 Å². The van der Waals surface area contributed by atoms with Crippen LogP contribution in [0.1, 0.15) is 18.4 Å². The molecule has 0 unspecified atom stereocenters. The maximum atomic E-state index is 13.1. The number of methoxy groups -OCH3 is 1. The molecule has 0 radical (unpaired) electrons. The molecule has 0 aliphatic carbocycles. The lowest BCUT2D eigenvalue weighted by Gasteiger charge is -2.32. The van der Waals surface area contributed by atoms with Crippen LogP contribution in [0.15, 0.2) is 18.5 Å². The molecule has 4 nitrogen and oxygen atoms in total. The molecule has 112 valence electrons. The molecule has 1 aromatic heterocycles. The summed E-state index contributed by atoms with van der Waals surface area (Å²) in [7, 11) is 1.72. The van der Waals surface area contributed by atoms with Crippen molar-refractivity contribution in [3.63, 3.8) is 0 Å². The van der Waals surface area contributed by atoms with E-state index in [0.717, 1.165) is 50.8 Å². The number of nitrogens with zero attached hydrogens (tertiary/aromatic N) is 2. The van der Waals surface area contributed by atoms with Gasteiger partial charge in [-0.3, -0.25) is 9.88 Å². The van der Waals surface area contributed by atoms with E-state index in [0.29, 0.717) is 0 Å². The molecule has 0 atom stereocenters. The number of nitrogens with one attached hydrogen (secondary N) is 1. The van der Waals surface area contributed by atoms with E-state index >= 15 is 0 Å². The van der Waals surface area contributed by atoms with Crippen molar-refractivity contribution >= 4 is 0 Å². The van der Waals surface area contributed by atoms with Crippen LogP contribution in [-0.4, -0.2) is 49.8 Å². The summed E-state index contributed by atoms with van der Waals surface area (Å²) in [5, 5.41) is 3.42. The van der Waals surface area contributed by atoms with Gasteiger partial charge in [0.1, 0.15) is 5.82 Å². The molecule has 1 saturated heterocycles. The monoisotopic (exact) mass is 281 g/mol. The van der Waals surface area contributed by atoms with Crippen LogP contribution in [-0.2, 0) is 11.3 Å². The second-order valence-corrected chi connectivity index (χ2v) is 5.43. The van der Waals surface area contributed by atoms with Crippen molar-refractivity contribution < 1.29 is 9.13 Å². The predicted octanol–water partition coefficient (Wildman–Crippen LogP) is 1.67. The molecule has 1 aliphatic rings. The van der Waals surface area contributed by atoms with Crippen LogP contribution in [0.5, 0.6) is 0 Å². The molecule has 0 spiro atoms. The third-order valence-corrected chi connectivity index (χ3v) is 3.79. The Balaban J connectivity index is 1.66. The summed E-state index contributed by atoms with van der Waals surface area (Å²) in [6.45, 7) is 5.71. The fourth-order valence-electron chi connectivity index (χ4n) is 2.63. The first-order chi connectivity index (χ1) is 9.78. The summed E-state index contributed by atoms with van der Waals surface area (Å²) in [6.07, 6.45) is 5.40. The molecule has 1 aliphatic heterocycles. The van der Waals surface area contributed by atoms with Crippen molar-refractivity contribution in [1.82, 2.24) is 15.2 Å². The molecule has 0 bridgehead atoms. The van der Waals surface area contributed by atoms with E-state index in [-0.39, 0.29) is 5.82 Å². The van der Waals surface area contributed by atoms with E-state index in [4.69, 9.17) is 4.74 Å². The Bertz CT molecular complexity index is 394. The average molecular weight is 281 g/mol.